The molecule has 1 amide bonds. The summed E-state index contributed by atoms with van der Waals surface area (Å²) in [5, 5.41) is 6.18. The van der Waals surface area contributed by atoms with Gasteiger partial charge in [-0.15, -0.1) is 11.3 Å². The van der Waals surface area contributed by atoms with Gasteiger partial charge in [0.05, 0.1) is 5.39 Å². The van der Waals surface area contributed by atoms with E-state index in [4.69, 9.17) is 0 Å². The highest BCUT2D eigenvalue weighted by Gasteiger charge is 2.26. The van der Waals surface area contributed by atoms with Crippen LogP contribution in [0.5, 0.6) is 0 Å². The van der Waals surface area contributed by atoms with Gasteiger partial charge >= 0.3 is 0 Å². The first-order chi connectivity index (χ1) is 10.1. The van der Waals surface area contributed by atoms with Gasteiger partial charge in [-0.25, -0.2) is 9.97 Å². The predicted octanol–water partition coefficient (Wildman–Crippen LogP) is 2.43. The Hall–Kier alpha value is -1.69. The molecular weight excluding hydrogens is 284 g/mol. The van der Waals surface area contributed by atoms with E-state index in [-0.39, 0.29) is 17.9 Å². The van der Waals surface area contributed by atoms with Gasteiger partial charge in [0.25, 0.3) is 0 Å². The average Bonchev–Trinajstić information content (AvgIpc) is 2.95. The normalized spacial score (nSPS) is 16.6. The van der Waals surface area contributed by atoms with Crippen molar-refractivity contribution < 1.29 is 4.79 Å². The zero-order valence-electron chi connectivity index (χ0n) is 12.4. The lowest BCUT2D eigenvalue weighted by Crippen LogP contribution is -2.42. The molecule has 1 aliphatic heterocycles. The number of carbonyl (C=O) groups is 1. The van der Waals surface area contributed by atoms with Crippen molar-refractivity contribution in [2.45, 2.75) is 32.7 Å². The monoisotopic (exact) mass is 304 g/mol. The van der Waals surface area contributed by atoms with E-state index in [0.29, 0.717) is 0 Å². The van der Waals surface area contributed by atoms with Crippen LogP contribution in [-0.4, -0.2) is 35.0 Å². The lowest BCUT2D eigenvalue weighted by Gasteiger charge is -2.32. The van der Waals surface area contributed by atoms with Crippen molar-refractivity contribution in [1.82, 2.24) is 15.3 Å². The Morgan fingerprint density at radius 2 is 2.14 bits per heavy atom. The van der Waals surface area contributed by atoms with Crippen LogP contribution < -0.4 is 10.2 Å². The van der Waals surface area contributed by atoms with E-state index < -0.39 is 0 Å². The fourth-order valence-corrected chi connectivity index (χ4v) is 3.51. The molecule has 0 bridgehead atoms. The van der Waals surface area contributed by atoms with Gasteiger partial charge in [-0.1, -0.05) is 0 Å². The summed E-state index contributed by atoms with van der Waals surface area (Å²) in [6.07, 6.45) is 3.40. The Kier molecular flexibility index (Phi) is 4.05. The lowest BCUT2D eigenvalue weighted by molar-refractivity contribution is -0.126. The fraction of sp³-hybridized carbons (Fsp3) is 0.533. The van der Waals surface area contributed by atoms with Crippen LogP contribution in [0.1, 0.15) is 26.7 Å². The summed E-state index contributed by atoms with van der Waals surface area (Å²) >= 11 is 1.64. The SMILES string of the molecule is CC(C)NC(=O)C1CCN(c2ncnc3sccc23)CC1. The summed E-state index contributed by atoms with van der Waals surface area (Å²) in [5.41, 5.74) is 0. The minimum atomic E-state index is 0.128. The van der Waals surface area contributed by atoms with Gasteiger partial charge in [0.2, 0.25) is 5.91 Å². The number of hydrogen-bond donors (Lipinski definition) is 1. The molecule has 0 aliphatic carbocycles. The molecule has 6 heteroatoms. The maximum Gasteiger partial charge on any atom is 0.223 e. The van der Waals surface area contributed by atoms with Crippen LogP contribution in [0.15, 0.2) is 17.8 Å². The summed E-state index contributed by atoms with van der Waals surface area (Å²) in [6, 6.07) is 2.29. The number of nitrogens with zero attached hydrogens (tertiary/aromatic N) is 3. The molecule has 0 atom stereocenters. The molecule has 1 fully saturated rings. The number of amides is 1. The number of aromatic nitrogens is 2. The summed E-state index contributed by atoms with van der Waals surface area (Å²) in [6.45, 7) is 5.75. The third-order valence-electron chi connectivity index (χ3n) is 3.84. The van der Waals surface area contributed by atoms with Crippen LogP contribution >= 0.6 is 11.3 Å². The molecule has 0 aromatic carbocycles. The number of anilines is 1. The molecule has 0 saturated carbocycles. The number of hydrogen-bond acceptors (Lipinski definition) is 5. The first kappa shape index (κ1) is 14.3. The summed E-state index contributed by atoms with van der Waals surface area (Å²) in [7, 11) is 0. The Labute approximate surface area is 128 Å². The Balaban J connectivity index is 1.68. The molecule has 0 unspecified atom stereocenters. The zero-order valence-corrected chi connectivity index (χ0v) is 13.2. The minimum Gasteiger partial charge on any atom is -0.356 e. The maximum absolute atomic E-state index is 12.1. The zero-order chi connectivity index (χ0) is 14.8. The second-order valence-electron chi connectivity index (χ2n) is 5.76. The molecule has 2 aromatic heterocycles. The van der Waals surface area contributed by atoms with E-state index >= 15 is 0 Å². The van der Waals surface area contributed by atoms with Crippen LogP contribution in [0, 0.1) is 5.92 Å². The highest BCUT2D eigenvalue weighted by Crippen LogP contribution is 2.29. The minimum absolute atomic E-state index is 0.128. The number of piperidine rings is 1. The average molecular weight is 304 g/mol. The molecule has 1 aliphatic rings. The summed E-state index contributed by atoms with van der Waals surface area (Å²) in [4.78, 5) is 24.1. The van der Waals surface area contributed by atoms with E-state index in [0.717, 1.165) is 42.0 Å². The van der Waals surface area contributed by atoms with Crippen molar-refractivity contribution >= 4 is 33.3 Å². The third kappa shape index (κ3) is 3.00. The Morgan fingerprint density at radius 3 is 2.86 bits per heavy atom. The van der Waals surface area contributed by atoms with Gasteiger partial charge in [-0.2, -0.15) is 0 Å². The van der Waals surface area contributed by atoms with Crippen molar-refractivity contribution in [3.63, 3.8) is 0 Å². The predicted molar refractivity (Wildman–Crippen MR) is 85.6 cm³/mol. The van der Waals surface area contributed by atoms with Crippen LogP contribution in [0.25, 0.3) is 10.2 Å². The van der Waals surface area contributed by atoms with Gasteiger partial charge in [0, 0.05) is 25.0 Å². The van der Waals surface area contributed by atoms with Crippen molar-refractivity contribution in [1.29, 1.82) is 0 Å². The molecule has 21 heavy (non-hydrogen) atoms. The van der Waals surface area contributed by atoms with E-state index in [9.17, 15) is 4.79 Å². The summed E-state index contributed by atoms with van der Waals surface area (Å²) < 4.78 is 0. The molecular formula is C15H20N4OS. The third-order valence-corrected chi connectivity index (χ3v) is 4.66. The first-order valence-electron chi connectivity index (χ1n) is 7.38. The Bertz CT molecular complexity index is 631. The van der Waals surface area contributed by atoms with E-state index in [1.807, 2.05) is 19.2 Å². The second kappa shape index (κ2) is 5.97. The van der Waals surface area contributed by atoms with E-state index in [1.54, 1.807) is 17.7 Å². The van der Waals surface area contributed by atoms with Crippen molar-refractivity contribution in [3.8, 4) is 0 Å². The van der Waals surface area contributed by atoms with Gasteiger partial charge in [0.15, 0.2) is 0 Å². The molecule has 112 valence electrons. The number of thiophene rings is 1. The molecule has 5 nitrogen and oxygen atoms in total. The fourth-order valence-electron chi connectivity index (χ4n) is 2.78. The maximum atomic E-state index is 12.1. The van der Waals surface area contributed by atoms with Crippen molar-refractivity contribution in [3.05, 3.63) is 17.8 Å². The molecule has 0 spiro atoms. The van der Waals surface area contributed by atoms with Crippen LogP contribution in [0.2, 0.25) is 0 Å². The molecule has 1 saturated heterocycles. The van der Waals surface area contributed by atoms with Crippen molar-refractivity contribution in [2.75, 3.05) is 18.0 Å². The number of nitrogens with one attached hydrogen (secondary N) is 1. The van der Waals surface area contributed by atoms with Gasteiger partial charge in [-0.3, -0.25) is 4.79 Å². The summed E-state index contributed by atoms with van der Waals surface area (Å²) in [5.74, 6) is 1.32. The molecule has 2 aromatic rings. The molecule has 0 radical (unpaired) electrons. The molecule has 3 rings (SSSR count). The quantitative estimate of drug-likeness (QED) is 0.946. The Morgan fingerprint density at radius 1 is 1.38 bits per heavy atom. The number of carbonyl (C=O) groups excluding carboxylic acids is 1. The molecule has 1 N–H and O–H groups in total. The largest absolute Gasteiger partial charge is 0.356 e. The second-order valence-corrected chi connectivity index (χ2v) is 6.66. The highest BCUT2D eigenvalue weighted by molar-refractivity contribution is 7.16. The van der Waals surface area contributed by atoms with Crippen LogP contribution in [0.4, 0.5) is 5.82 Å². The van der Waals surface area contributed by atoms with Gasteiger partial charge in [0.1, 0.15) is 17.0 Å². The first-order valence-corrected chi connectivity index (χ1v) is 8.26. The van der Waals surface area contributed by atoms with Gasteiger partial charge in [-0.05, 0) is 38.1 Å². The highest BCUT2D eigenvalue weighted by atomic mass is 32.1. The van der Waals surface area contributed by atoms with Gasteiger partial charge < -0.3 is 10.2 Å². The standard InChI is InChI=1S/C15H20N4OS/c1-10(2)18-14(20)11-3-6-19(7-4-11)13-12-5-8-21-15(12)17-9-16-13/h5,8-11H,3-4,6-7H2,1-2H3,(H,18,20). The van der Waals surface area contributed by atoms with Crippen molar-refractivity contribution in [2.24, 2.45) is 5.92 Å². The van der Waals surface area contributed by atoms with Crippen LogP contribution in [0.3, 0.4) is 0 Å². The number of fused-ring (bicyclic) bond motifs is 1. The topological polar surface area (TPSA) is 58.1 Å². The van der Waals surface area contributed by atoms with E-state index in [2.05, 4.69) is 26.3 Å². The number of rotatable bonds is 3. The molecule has 3 heterocycles. The van der Waals surface area contributed by atoms with E-state index in [1.165, 1.54) is 0 Å². The van der Waals surface area contributed by atoms with Crippen LogP contribution in [-0.2, 0) is 4.79 Å². The lowest BCUT2D eigenvalue weighted by atomic mass is 9.95. The smallest absolute Gasteiger partial charge is 0.223 e.